The summed E-state index contributed by atoms with van der Waals surface area (Å²) in [4.78, 5) is 22.6. The largest absolute Gasteiger partial charge is 0.355 e. The van der Waals surface area contributed by atoms with Gasteiger partial charge in [-0.25, -0.2) is 8.42 Å². The van der Waals surface area contributed by atoms with Crippen LogP contribution in [-0.4, -0.2) is 33.3 Å². The van der Waals surface area contributed by atoms with Gasteiger partial charge in [0.15, 0.2) is 0 Å². The summed E-state index contributed by atoms with van der Waals surface area (Å²) in [6.45, 7) is 1.99. The number of amides is 2. The van der Waals surface area contributed by atoms with E-state index in [9.17, 15) is 18.0 Å². The summed E-state index contributed by atoms with van der Waals surface area (Å²) in [6, 6.07) is 7.15. The van der Waals surface area contributed by atoms with Crippen LogP contribution in [0.15, 0.2) is 35.2 Å². The molecule has 0 radical (unpaired) electrons. The molecule has 0 saturated heterocycles. The molecule has 0 aliphatic carbocycles. The fourth-order valence-corrected chi connectivity index (χ4v) is 5.13. The Bertz CT molecular complexity index is 911. The van der Waals surface area contributed by atoms with E-state index in [4.69, 9.17) is 23.2 Å². The van der Waals surface area contributed by atoms with Gasteiger partial charge >= 0.3 is 0 Å². The highest BCUT2D eigenvalue weighted by Gasteiger charge is 2.21. The Morgan fingerprint density at radius 2 is 1.69 bits per heavy atom. The molecule has 2 aromatic rings. The van der Waals surface area contributed by atoms with E-state index in [-0.39, 0.29) is 37.6 Å². The maximum atomic E-state index is 12.3. The zero-order valence-electron chi connectivity index (χ0n) is 13.5. The van der Waals surface area contributed by atoms with E-state index in [0.29, 0.717) is 12.1 Å². The lowest BCUT2D eigenvalue weighted by Crippen LogP contribution is -2.33. The number of rotatable bonds is 7. The molecule has 0 bridgehead atoms. The van der Waals surface area contributed by atoms with Gasteiger partial charge in [-0.05, 0) is 30.3 Å². The van der Waals surface area contributed by atoms with Gasteiger partial charge in [-0.2, -0.15) is 0 Å². The van der Waals surface area contributed by atoms with E-state index in [1.54, 1.807) is 0 Å². The Labute approximate surface area is 164 Å². The molecule has 11 heteroatoms. The lowest BCUT2D eigenvalue weighted by Gasteiger charge is -2.09. The van der Waals surface area contributed by atoms with Gasteiger partial charge < -0.3 is 10.6 Å². The summed E-state index contributed by atoms with van der Waals surface area (Å²) in [5.41, 5.74) is 0.630. The Morgan fingerprint density at radius 1 is 1.08 bits per heavy atom. The molecule has 140 valence electrons. The van der Waals surface area contributed by atoms with Crippen LogP contribution >= 0.6 is 34.5 Å². The van der Waals surface area contributed by atoms with Crippen molar-refractivity contribution in [2.45, 2.75) is 11.8 Å². The standard InChI is InChI=1S/C15H15Cl2N3O4S2/c1-9(21)18-6-7-19-15(22)10-2-4-11(5-3-10)20-26(23,24)12-8-13(16)25-14(12)17/h2-5,8,20H,6-7H2,1H3,(H,18,21)(H,19,22). The number of hydrogen-bond donors (Lipinski definition) is 3. The summed E-state index contributed by atoms with van der Waals surface area (Å²) >= 11 is 12.6. The number of halogens is 2. The second-order valence-corrected chi connectivity index (χ2v) is 9.05. The Morgan fingerprint density at radius 3 is 2.23 bits per heavy atom. The SMILES string of the molecule is CC(=O)NCCNC(=O)c1ccc(NS(=O)(=O)c2cc(Cl)sc2Cl)cc1. The number of sulfonamides is 1. The van der Waals surface area contributed by atoms with Gasteiger partial charge in [0.25, 0.3) is 15.9 Å². The Balaban J connectivity index is 1.99. The lowest BCUT2D eigenvalue weighted by molar-refractivity contribution is -0.118. The molecule has 2 amide bonds. The molecule has 1 aromatic carbocycles. The van der Waals surface area contributed by atoms with Crippen LogP contribution in [0.1, 0.15) is 17.3 Å². The molecule has 3 N–H and O–H groups in total. The van der Waals surface area contributed by atoms with Crippen LogP contribution < -0.4 is 15.4 Å². The molecule has 1 heterocycles. The number of anilines is 1. The van der Waals surface area contributed by atoms with Crippen LogP contribution in [-0.2, 0) is 14.8 Å². The minimum Gasteiger partial charge on any atom is -0.355 e. The van der Waals surface area contributed by atoms with Crippen molar-refractivity contribution >= 4 is 62.1 Å². The summed E-state index contributed by atoms with van der Waals surface area (Å²) in [5, 5.41) is 5.19. The molecule has 0 atom stereocenters. The van der Waals surface area contributed by atoms with E-state index in [0.717, 1.165) is 11.3 Å². The highest BCUT2D eigenvalue weighted by atomic mass is 35.5. The number of carbonyl (C=O) groups is 2. The first-order valence-corrected chi connectivity index (χ1v) is 10.3. The second-order valence-electron chi connectivity index (χ2n) is 5.11. The zero-order valence-corrected chi connectivity index (χ0v) is 16.7. The first-order valence-electron chi connectivity index (χ1n) is 7.29. The Kier molecular flexibility index (Phi) is 6.87. The summed E-state index contributed by atoms with van der Waals surface area (Å²) < 4.78 is 27.4. The number of benzene rings is 1. The fourth-order valence-electron chi connectivity index (χ4n) is 1.92. The van der Waals surface area contributed by atoms with Crippen LogP contribution in [0.4, 0.5) is 5.69 Å². The second kappa shape index (κ2) is 8.72. The van der Waals surface area contributed by atoms with E-state index < -0.39 is 10.0 Å². The average molecular weight is 436 g/mol. The maximum Gasteiger partial charge on any atom is 0.264 e. The fraction of sp³-hybridized carbons (Fsp3) is 0.200. The van der Waals surface area contributed by atoms with Crippen molar-refractivity contribution in [1.82, 2.24) is 10.6 Å². The molecule has 26 heavy (non-hydrogen) atoms. The number of thiophene rings is 1. The van der Waals surface area contributed by atoms with Crippen molar-refractivity contribution in [3.63, 3.8) is 0 Å². The third-order valence-electron chi connectivity index (χ3n) is 3.10. The molecule has 0 spiro atoms. The summed E-state index contributed by atoms with van der Waals surface area (Å²) in [5.74, 6) is -0.514. The topological polar surface area (TPSA) is 104 Å². The van der Waals surface area contributed by atoms with Crippen molar-refractivity contribution in [2.24, 2.45) is 0 Å². The molecule has 0 saturated carbocycles. The smallest absolute Gasteiger partial charge is 0.264 e. The quantitative estimate of drug-likeness (QED) is 0.581. The predicted molar refractivity (Wildman–Crippen MR) is 103 cm³/mol. The van der Waals surface area contributed by atoms with E-state index in [2.05, 4.69) is 15.4 Å². The van der Waals surface area contributed by atoms with Gasteiger partial charge in [-0.15, -0.1) is 11.3 Å². The van der Waals surface area contributed by atoms with Crippen molar-refractivity contribution < 1.29 is 18.0 Å². The van der Waals surface area contributed by atoms with Crippen molar-refractivity contribution in [3.8, 4) is 0 Å². The van der Waals surface area contributed by atoms with Crippen molar-refractivity contribution in [1.29, 1.82) is 0 Å². The third-order valence-corrected chi connectivity index (χ3v) is 6.23. The first kappa shape index (κ1) is 20.5. The molecule has 7 nitrogen and oxygen atoms in total. The molecule has 1 aromatic heterocycles. The van der Waals surface area contributed by atoms with E-state index in [1.807, 2.05) is 0 Å². The number of carbonyl (C=O) groups excluding carboxylic acids is 2. The van der Waals surface area contributed by atoms with E-state index >= 15 is 0 Å². The van der Waals surface area contributed by atoms with Crippen LogP contribution in [0.3, 0.4) is 0 Å². The molecule has 0 unspecified atom stereocenters. The molecule has 2 rings (SSSR count). The van der Waals surface area contributed by atoms with Crippen LogP contribution in [0.5, 0.6) is 0 Å². The van der Waals surface area contributed by atoms with E-state index in [1.165, 1.54) is 37.3 Å². The molecular formula is C15H15Cl2N3O4S2. The van der Waals surface area contributed by atoms with Crippen LogP contribution in [0.25, 0.3) is 0 Å². The summed E-state index contributed by atoms with van der Waals surface area (Å²) in [6.07, 6.45) is 0. The van der Waals surface area contributed by atoms with Crippen LogP contribution in [0, 0.1) is 0 Å². The van der Waals surface area contributed by atoms with Crippen molar-refractivity contribution in [2.75, 3.05) is 17.8 Å². The predicted octanol–water partition coefficient (Wildman–Crippen LogP) is 2.72. The number of hydrogen-bond acceptors (Lipinski definition) is 5. The maximum absolute atomic E-state index is 12.3. The first-order chi connectivity index (χ1) is 12.2. The van der Waals surface area contributed by atoms with Crippen LogP contribution in [0.2, 0.25) is 8.67 Å². The van der Waals surface area contributed by atoms with Gasteiger partial charge in [-0.1, -0.05) is 23.2 Å². The molecule has 0 aliphatic heterocycles. The van der Waals surface area contributed by atoms with Gasteiger partial charge in [-0.3, -0.25) is 14.3 Å². The lowest BCUT2D eigenvalue weighted by atomic mass is 10.2. The average Bonchev–Trinajstić information content (AvgIpc) is 2.91. The summed E-state index contributed by atoms with van der Waals surface area (Å²) in [7, 11) is -3.88. The van der Waals surface area contributed by atoms with Gasteiger partial charge in [0.1, 0.15) is 9.23 Å². The van der Waals surface area contributed by atoms with Gasteiger partial charge in [0.2, 0.25) is 5.91 Å². The minimum absolute atomic E-state index is 0.0673. The zero-order chi connectivity index (χ0) is 19.3. The van der Waals surface area contributed by atoms with Gasteiger partial charge in [0.05, 0.1) is 4.34 Å². The highest BCUT2D eigenvalue weighted by molar-refractivity contribution is 7.93. The molecule has 0 fully saturated rings. The van der Waals surface area contributed by atoms with Gasteiger partial charge in [0, 0.05) is 31.3 Å². The minimum atomic E-state index is -3.88. The molecule has 0 aliphatic rings. The Hall–Kier alpha value is -1.81. The number of nitrogens with one attached hydrogen (secondary N) is 3. The van der Waals surface area contributed by atoms with Crippen molar-refractivity contribution in [3.05, 3.63) is 44.6 Å². The molecular weight excluding hydrogens is 421 g/mol. The highest BCUT2D eigenvalue weighted by Crippen LogP contribution is 2.35. The third kappa shape index (κ3) is 5.60. The normalized spacial score (nSPS) is 11.0. The monoisotopic (exact) mass is 435 g/mol.